The topological polar surface area (TPSA) is 58.0 Å². The van der Waals surface area contributed by atoms with Gasteiger partial charge in [-0.2, -0.15) is 5.26 Å². The van der Waals surface area contributed by atoms with Crippen LogP contribution >= 0.6 is 0 Å². The van der Waals surface area contributed by atoms with E-state index in [0.29, 0.717) is 11.4 Å². The Morgan fingerprint density at radius 2 is 2.20 bits per heavy atom. The minimum absolute atomic E-state index is 0.286. The van der Waals surface area contributed by atoms with Crippen molar-refractivity contribution in [3.8, 4) is 6.07 Å². The van der Waals surface area contributed by atoms with E-state index in [1.165, 1.54) is 0 Å². The van der Waals surface area contributed by atoms with Gasteiger partial charge < -0.3 is 15.2 Å². The van der Waals surface area contributed by atoms with Gasteiger partial charge in [0.1, 0.15) is 17.6 Å². The molecule has 0 aliphatic carbocycles. The summed E-state index contributed by atoms with van der Waals surface area (Å²) in [6, 6.07) is 4.21. The molecule has 0 bridgehead atoms. The van der Waals surface area contributed by atoms with E-state index < -0.39 is 0 Å². The lowest BCUT2D eigenvalue weighted by Crippen LogP contribution is -2.18. The van der Waals surface area contributed by atoms with Gasteiger partial charge >= 0.3 is 0 Å². The summed E-state index contributed by atoms with van der Waals surface area (Å²) in [6.45, 7) is 4.19. The van der Waals surface area contributed by atoms with Gasteiger partial charge in [0.15, 0.2) is 0 Å². The van der Waals surface area contributed by atoms with Crippen molar-refractivity contribution in [1.29, 1.82) is 5.26 Å². The molecule has 15 heavy (non-hydrogen) atoms. The Kier molecular flexibility index (Phi) is 3.25. The van der Waals surface area contributed by atoms with E-state index in [4.69, 9.17) is 11.0 Å². The molecule has 1 aromatic rings. The monoisotopic (exact) mass is 206 g/mol. The molecule has 0 saturated heterocycles. The number of anilines is 2. The smallest absolute Gasteiger partial charge is 0.132 e. The number of hydrogen-bond donors (Lipinski definition) is 1. The van der Waals surface area contributed by atoms with Crippen LogP contribution in [0.3, 0.4) is 0 Å². The normalized spacial score (nSPS) is 12.2. The third-order valence-electron chi connectivity index (χ3n) is 2.61. The Balaban J connectivity index is 3.37. The van der Waals surface area contributed by atoms with Gasteiger partial charge in [-0.15, -0.1) is 0 Å². The summed E-state index contributed by atoms with van der Waals surface area (Å²) in [5.41, 5.74) is 7.19. The first-order valence-electron chi connectivity index (χ1n) is 5.11. The van der Waals surface area contributed by atoms with Gasteiger partial charge in [-0.05, 0) is 19.4 Å². The molecule has 1 unspecified atom stereocenters. The molecule has 0 aliphatic heterocycles. The van der Waals surface area contributed by atoms with Crippen molar-refractivity contribution in [3.05, 3.63) is 11.8 Å². The molecule has 2 N–H and O–H groups in total. The van der Waals surface area contributed by atoms with E-state index in [-0.39, 0.29) is 6.04 Å². The summed E-state index contributed by atoms with van der Waals surface area (Å²) < 4.78 is 2.00. The average Bonchev–Trinajstić information content (AvgIpc) is 2.53. The lowest BCUT2D eigenvalue weighted by atomic mass is 10.2. The van der Waals surface area contributed by atoms with Gasteiger partial charge in [-0.1, -0.05) is 6.92 Å². The predicted octanol–water partition coefficient (Wildman–Crippen LogP) is 1.98. The third kappa shape index (κ3) is 1.91. The largest absolute Gasteiger partial charge is 0.396 e. The minimum atomic E-state index is 0.286. The Morgan fingerprint density at radius 1 is 1.60 bits per heavy atom. The van der Waals surface area contributed by atoms with E-state index in [1.54, 1.807) is 6.07 Å². The summed E-state index contributed by atoms with van der Waals surface area (Å²) in [5.74, 6) is 0.918. The molecule has 0 aliphatic rings. The van der Waals surface area contributed by atoms with Gasteiger partial charge in [-0.3, -0.25) is 0 Å². The second-order valence-electron chi connectivity index (χ2n) is 3.94. The van der Waals surface area contributed by atoms with Crippen molar-refractivity contribution in [2.45, 2.75) is 26.3 Å². The fraction of sp³-hybridized carbons (Fsp3) is 0.545. The molecule has 4 heteroatoms. The molecule has 4 nitrogen and oxygen atoms in total. The number of nitrogens with zero attached hydrogens (tertiary/aromatic N) is 3. The van der Waals surface area contributed by atoms with Gasteiger partial charge in [0.2, 0.25) is 0 Å². The first-order valence-corrected chi connectivity index (χ1v) is 5.11. The lowest BCUT2D eigenvalue weighted by molar-refractivity contribution is 0.529. The number of hydrogen-bond acceptors (Lipinski definition) is 3. The highest BCUT2D eigenvalue weighted by Gasteiger charge is 2.17. The minimum Gasteiger partial charge on any atom is -0.396 e. The second-order valence-corrected chi connectivity index (χ2v) is 3.94. The molecule has 1 heterocycles. The molecule has 1 atom stereocenters. The zero-order valence-electron chi connectivity index (χ0n) is 9.78. The maximum Gasteiger partial charge on any atom is 0.132 e. The van der Waals surface area contributed by atoms with Crippen LogP contribution in [0.25, 0.3) is 0 Å². The van der Waals surface area contributed by atoms with Crippen molar-refractivity contribution in [3.63, 3.8) is 0 Å². The van der Waals surface area contributed by atoms with E-state index in [9.17, 15) is 0 Å². The second kappa shape index (κ2) is 4.26. The number of aromatic nitrogens is 1. The zero-order valence-corrected chi connectivity index (χ0v) is 9.78. The summed E-state index contributed by atoms with van der Waals surface area (Å²) in [6.07, 6.45) is 0.976. The molecule has 0 amide bonds. The molecule has 1 aromatic heterocycles. The molecule has 82 valence electrons. The molecular formula is C11H18N4. The van der Waals surface area contributed by atoms with Gasteiger partial charge in [0, 0.05) is 20.1 Å². The maximum atomic E-state index is 9.04. The third-order valence-corrected chi connectivity index (χ3v) is 2.61. The van der Waals surface area contributed by atoms with Gasteiger partial charge in [0.05, 0.1) is 5.69 Å². The fourth-order valence-corrected chi connectivity index (χ4v) is 1.72. The molecule has 1 rings (SSSR count). The van der Waals surface area contributed by atoms with E-state index in [1.807, 2.05) is 23.6 Å². The molecule has 0 radical (unpaired) electrons. The van der Waals surface area contributed by atoms with Crippen LogP contribution in [0, 0.1) is 11.3 Å². The molecular weight excluding hydrogens is 188 g/mol. The highest BCUT2D eigenvalue weighted by atomic mass is 15.2. The molecule has 0 saturated carbocycles. The highest BCUT2D eigenvalue weighted by molar-refractivity contribution is 5.67. The Labute approximate surface area is 90.9 Å². The van der Waals surface area contributed by atoms with Crippen LogP contribution in [-0.2, 0) is 0 Å². The Morgan fingerprint density at radius 3 is 2.60 bits per heavy atom. The summed E-state index contributed by atoms with van der Waals surface area (Å²) in [4.78, 5) is 1.95. The Hall–Kier alpha value is -1.63. The summed E-state index contributed by atoms with van der Waals surface area (Å²) in [5, 5.41) is 9.04. The average molecular weight is 206 g/mol. The van der Waals surface area contributed by atoms with Crippen LogP contribution in [0.4, 0.5) is 11.5 Å². The van der Waals surface area contributed by atoms with E-state index in [0.717, 1.165) is 12.2 Å². The first kappa shape index (κ1) is 11.4. The van der Waals surface area contributed by atoms with Crippen LogP contribution in [0.15, 0.2) is 6.07 Å². The lowest BCUT2D eigenvalue weighted by Gasteiger charge is -2.22. The van der Waals surface area contributed by atoms with Gasteiger partial charge in [-0.25, -0.2) is 0 Å². The maximum absolute atomic E-state index is 9.04. The van der Waals surface area contributed by atoms with Crippen molar-refractivity contribution >= 4 is 11.5 Å². The van der Waals surface area contributed by atoms with Crippen molar-refractivity contribution in [2.24, 2.45) is 0 Å². The van der Waals surface area contributed by atoms with Crippen molar-refractivity contribution in [2.75, 3.05) is 24.7 Å². The number of nitrogens with two attached hydrogens (primary N) is 1. The SMILES string of the molecule is CCC(C)n1c(C#N)cc(N)c1N(C)C. The van der Waals surface area contributed by atoms with Crippen LogP contribution in [-0.4, -0.2) is 18.7 Å². The number of nitriles is 1. The van der Waals surface area contributed by atoms with E-state index in [2.05, 4.69) is 19.9 Å². The summed E-state index contributed by atoms with van der Waals surface area (Å²) in [7, 11) is 3.87. The quantitative estimate of drug-likeness (QED) is 0.822. The molecule has 0 fully saturated rings. The van der Waals surface area contributed by atoms with Crippen molar-refractivity contribution < 1.29 is 0 Å². The van der Waals surface area contributed by atoms with Crippen molar-refractivity contribution in [1.82, 2.24) is 4.57 Å². The molecule has 0 spiro atoms. The van der Waals surface area contributed by atoms with Crippen LogP contribution in [0.1, 0.15) is 32.0 Å². The van der Waals surface area contributed by atoms with Gasteiger partial charge in [0.25, 0.3) is 0 Å². The Bertz CT molecular complexity index is 384. The van der Waals surface area contributed by atoms with Crippen LogP contribution in [0.2, 0.25) is 0 Å². The number of rotatable bonds is 3. The zero-order chi connectivity index (χ0) is 11.6. The van der Waals surface area contributed by atoms with Crippen LogP contribution in [0.5, 0.6) is 0 Å². The van der Waals surface area contributed by atoms with E-state index >= 15 is 0 Å². The van der Waals surface area contributed by atoms with Crippen LogP contribution < -0.4 is 10.6 Å². The summed E-state index contributed by atoms with van der Waals surface area (Å²) >= 11 is 0. The first-order chi connectivity index (χ1) is 7.02. The fourth-order valence-electron chi connectivity index (χ4n) is 1.72. The molecule has 0 aromatic carbocycles. The highest BCUT2D eigenvalue weighted by Crippen LogP contribution is 2.30. The standard InChI is InChI=1S/C11H18N4/c1-5-8(2)15-9(7-12)6-10(13)11(15)14(3)4/h6,8H,5,13H2,1-4H3. The number of nitrogen functional groups attached to an aromatic ring is 1. The predicted molar refractivity (Wildman–Crippen MR) is 62.9 cm³/mol.